The van der Waals surface area contributed by atoms with E-state index in [1.54, 1.807) is 0 Å². The fourth-order valence-electron chi connectivity index (χ4n) is 5.04. The van der Waals surface area contributed by atoms with E-state index in [9.17, 15) is 0 Å². The molecule has 4 aromatic rings. The van der Waals surface area contributed by atoms with E-state index in [2.05, 4.69) is 115 Å². The van der Waals surface area contributed by atoms with E-state index in [1.165, 1.54) is 44.1 Å². The number of benzene rings is 3. The summed E-state index contributed by atoms with van der Waals surface area (Å²) in [6.07, 6.45) is 13.1. The molecule has 2 aliphatic rings. The van der Waals surface area contributed by atoms with Gasteiger partial charge in [-0.2, -0.15) is 0 Å². The number of allylic oxidation sites excluding steroid dienone is 4. The van der Waals surface area contributed by atoms with Gasteiger partial charge in [0.25, 0.3) is 0 Å². The van der Waals surface area contributed by atoms with E-state index >= 15 is 0 Å². The van der Waals surface area contributed by atoms with E-state index < -0.39 is 0 Å². The molecule has 3 heterocycles. The predicted octanol–water partition coefficient (Wildman–Crippen LogP) is 6.46. The number of aromatic nitrogens is 1. The second-order valence-electron chi connectivity index (χ2n) is 8.93. The molecule has 0 fully saturated rings. The number of para-hydroxylation sites is 1. The summed E-state index contributed by atoms with van der Waals surface area (Å²) in [6, 6.07) is 21.6. The third-order valence-electron chi connectivity index (χ3n) is 6.73. The molecule has 0 spiro atoms. The molecule has 1 aromatic heterocycles. The first kappa shape index (κ1) is 19.8. The number of nitrogens with zero attached hydrogens (tertiary/aromatic N) is 2. The van der Waals surface area contributed by atoms with Crippen molar-refractivity contribution < 1.29 is 9.30 Å². The first-order valence-corrected chi connectivity index (χ1v) is 11.6. The number of hydrogen-bond donors (Lipinski definition) is 0. The van der Waals surface area contributed by atoms with Crippen molar-refractivity contribution in [2.24, 2.45) is 7.05 Å². The van der Waals surface area contributed by atoms with Gasteiger partial charge in [0.2, 0.25) is 11.4 Å². The fourth-order valence-corrected chi connectivity index (χ4v) is 5.04. The number of aryl methyl sites for hydroxylation is 2. The van der Waals surface area contributed by atoms with Crippen LogP contribution >= 0.6 is 0 Å². The van der Waals surface area contributed by atoms with Gasteiger partial charge in [-0.3, -0.25) is 0 Å². The molecule has 0 bridgehead atoms. The van der Waals surface area contributed by atoms with Crippen LogP contribution in [-0.4, -0.2) is 6.54 Å². The normalized spacial score (nSPS) is 16.7. The molecule has 162 valence electrons. The van der Waals surface area contributed by atoms with Crippen LogP contribution in [0.3, 0.4) is 0 Å². The smallest absolute Gasteiger partial charge is 0.213 e. The van der Waals surface area contributed by atoms with Crippen LogP contribution < -0.4 is 14.2 Å². The molecule has 0 unspecified atom stereocenters. The Morgan fingerprint density at radius 2 is 1.94 bits per heavy atom. The van der Waals surface area contributed by atoms with Gasteiger partial charge in [-0.1, -0.05) is 60.2 Å². The maximum Gasteiger partial charge on any atom is 0.213 e. The Hall–Kier alpha value is -3.85. The molecule has 0 saturated carbocycles. The van der Waals surface area contributed by atoms with Crippen LogP contribution in [0.1, 0.15) is 24.5 Å². The molecular weight excluding hydrogens is 404 g/mol. The second-order valence-corrected chi connectivity index (χ2v) is 8.93. The quantitative estimate of drug-likeness (QED) is 0.210. The van der Waals surface area contributed by atoms with Crippen LogP contribution in [0.25, 0.3) is 27.8 Å². The SMILES string of the molecule is CC(/C=C/c1cc[n+](C)c2ccc3ccccc3c12)=C\C=C1/Oc2cccc3c2N1CCC3. The van der Waals surface area contributed by atoms with Gasteiger partial charge in [-0.15, -0.1) is 0 Å². The van der Waals surface area contributed by atoms with E-state index in [4.69, 9.17) is 4.74 Å². The maximum atomic E-state index is 6.18. The van der Waals surface area contributed by atoms with Crippen molar-refractivity contribution in [3.63, 3.8) is 0 Å². The number of fused-ring (bicyclic) bond motifs is 3. The molecule has 3 heteroatoms. The first-order valence-electron chi connectivity index (χ1n) is 11.6. The van der Waals surface area contributed by atoms with Gasteiger partial charge in [0, 0.05) is 18.7 Å². The van der Waals surface area contributed by atoms with E-state index in [0.717, 1.165) is 31.0 Å². The largest absolute Gasteiger partial charge is 0.439 e. The van der Waals surface area contributed by atoms with E-state index in [-0.39, 0.29) is 0 Å². The Labute approximate surface area is 194 Å². The number of ether oxygens (including phenoxy) is 1. The Kier molecular flexibility index (Phi) is 4.76. The molecule has 0 atom stereocenters. The van der Waals surface area contributed by atoms with Crippen molar-refractivity contribution in [3.8, 4) is 5.75 Å². The molecule has 0 saturated heterocycles. The van der Waals surface area contributed by atoms with Crippen molar-refractivity contribution in [3.05, 3.63) is 108 Å². The van der Waals surface area contributed by atoms with Crippen LogP contribution in [0.2, 0.25) is 0 Å². The highest BCUT2D eigenvalue weighted by molar-refractivity contribution is 6.08. The molecule has 6 rings (SSSR count). The number of rotatable bonds is 3. The highest BCUT2D eigenvalue weighted by atomic mass is 16.5. The lowest BCUT2D eigenvalue weighted by Gasteiger charge is -2.24. The lowest BCUT2D eigenvalue weighted by Crippen LogP contribution is -2.28. The average Bonchev–Trinajstić information content (AvgIpc) is 3.22. The Balaban J connectivity index is 1.34. The topological polar surface area (TPSA) is 16.4 Å². The summed E-state index contributed by atoms with van der Waals surface area (Å²) in [4.78, 5) is 2.32. The van der Waals surface area contributed by atoms with Gasteiger partial charge in [0.05, 0.1) is 11.1 Å². The Morgan fingerprint density at radius 3 is 2.88 bits per heavy atom. The molecule has 3 aromatic carbocycles. The molecule has 3 nitrogen and oxygen atoms in total. The van der Waals surface area contributed by atoms with Crippen LogP contribution in [0.5, 0.6) is 5.75 Å². The minimum atomic E-state index is 0.924. The number of anilines is 1. The standard InChI is InChI=1S/C30H27N2O/c1-21(13-17-28-32-19-6-9-24-8-5-11-27(33-28)30(24)32)12-14-23-18-20-31(2)26-16-15-22-7-3-4-10-25(22)29(23)26/h3-5,7-8,10-18,20H,6,9,19H2,1-2H3/q+1. The number of hydrogen-bond acceptors (Lipinski definition) is 2. The summed E-state index contributed by atoms with van der Waals surface area (Å²) in [5, 5.41) is 3.84. The van der Waals surface area contributed by atoms with Gasteiger partial charge < -0.3 is 9.64 Å². The highest BCUT2D eigenvalue weighted by Crippen LogP contribution is 2.44. The third kappa shape index (κ3) is 3.41. The van der Waals surface area contributed by atoms with Crippen LogP contribution in [0.4, 0.5) is 5.69 Å². The zero-order chi connectivity index (χ0) is 22.4. The number of pyridine rings is 1. The minimum absolute atomic E-state index is 0.924. The molecule has 0 N–H and O–H groups in total. The summed E-state index contributed by atoms with van der Waals surface area (Å²) >= 11 is 0. The highest BCUT2D eigenvalue weighted by Gasteiger charge is 2.30. The predicted molar refractivity (Wildman–Crippen MR) is 136 cm³/mol. The zero-order valence-electron chi connectivity index (χ0n) is 19.1. The Morgan fingerprint density at radius 1 is 1.03 bits per heavy atom. The van der Waals surface area contributed by atoms with Crippen molar-refractivity contribution in [1.29, 1.82) is 0 Å². The summed E-state index contributed by atoms with van der Waals surface area (Å²) in [6.45, 7) is 3.15. The fraction of sp³-hybridized carbons (Fsp3) is 0.167. The molecule has 0 aliphatic carbocycles. The third-order valence-corrected chi connectivity index (χ3v) is 6.73. The maximum absolute atomic E-state index is 6.18. The molecular formula is C30H27N2O+. The summed E-state index contributed by atoms with van der Waals surface area (Å²) < 4.78 is 8.37. The van der Waals surface area contributed by atoms with Gasteiger partial charge in [0.15, 0.2) is 11.9 Å². The first-order chi connectivity index (χ1) is 16.2. The van der Waals surface area contributed by atoms with Crippen LogP contribution in [-0.2, 0) is 13.5 Å². The minimum Gasteiger partial charge on any atom is -0.439 e. The van der Waals surface area contributed by atoms with Crippen molar-refractivity contribution in [2.75, 3.05) is 11.4 Å². The molecule has 2 aliphatic heterocycles. The lowest BCUT2D eigenvalue weighted by atomic mass is 10.00. The van der Waals surface area contributed by atoms with Crippen molar-refractivity contribution >= 4 is 33.4 Å². The van der Waals surface area contributed by atoms with Gasteiger partial charge >= 0.3 is 0 Å². The van der Waals surface area contributed by atoms with Gasteiger partial charge in [-0.05, 0) is 59.9 Å². The van der Waals surface area contributed by atoms with Crippen molar-refractivity contribution in [2.45, 2.75) is 19.8 Å². The lowest BCUT2D eigenvalue weighted by molar-refractivity contribution is -0.644. The van der Waals surface area contributed by atoms with Gasteiger partial charge in [0.1, 0.15) is 7.05 Å². The summed E-state index contributed by atoms with van der Waals surface area (Å²) in [7, 11) is 2.10. The second kappa shape index (κ2) is 7.93. The van der Waals surface area contributed by atoms with Gasteiger partial charge in [-0.25, -0.2) is 4.57 Å². The van der Waals surface area contributed by atoms with E-state index in [0.29, 0.717) is 0 Å². The molecule has 0 radical (unpaired) electrons. The molecule has 33 heavy (non-hydrogen) atoms. The Bertz CT molecular complexity index is 1490. The summed E-state index contributed by atoms with van der Waals surface area (Å²) in [5.74, 6) is 1.91. The monoisotopic (exact) mass is 431 g/mol. The average molecular weight is 432 g/mol. The van der Waals surface area contributed by atoms with E-state index in [1.807, 2.05) is 0 Å². The zero-order valence-corrected chi connectivity index (χ0v) is 19.1. The van der Waals surface area contributed by atoms with Crippen LogP contribution in [0.15, 0.2) is 96.5 Å². The molecule has 0 amide bonds. The van der Waals surface area contributed by atoms with Crippen molar-refractivity contribution in [1.82, 2.24) is 0 Å². The summed E-state index contributed by atoms with van der Waals surface area (Å²) in [5.41, 5.74) is 6.29. The van der Waals surface area contributed by atoms with Crippen LogP contribution in [0, 0.1) is 0 Å².